The summed E-state index contributed by atoms with van der Waals surface area (Å²) in [6.07, 6.45) is 1.39. The first-order chi connectivity index (χ1) is 12.3. The lowest BCUT2D eigenvalue weighted by Crippen LogP contribution is -2.11. The highest BCUT2D eigenvalue weighted by molar-refractivity contribution is 7.16. The molecule has 0 spiro atoms. The van der Waals surface area contributed by atoms with Crippen LogP contribution in [0.25, 0.3) is 11.3 Å². The summed E-state index contributed by atoms with van der Waals surface area (Å²) in [6, 6.07) is 1.16. The van der Waals surface area contributed by atoms with Gasteiger partial charge < -0.3 is 10.1 Å². The second kappa shape index (κ2) is 8.79. The molecule has 0 aliphatic carbocycles. The Morgan fingerprint density at radius 2 is 1.77 bits per heavy atom. The molecule has 0 saturated carbocycles. The Hall–Kier alpha value is -2.42. The predicted molar refractivity (Wildman–Crippen MR) is 91.3 cm³/mol. The van der Waals surface area contributed by atoms with E-state index in [2.05, 4.69) is 15.0 Å². The fraction of sp³-hybridized carbons (Fsp3) is 0.353. The summed E-state index contributed by atoms with van der Waals surface area (Å²) >= 11 is 1.06. The summed E-state index contributed by atoms with van der Waals surface area (Å²) in [5, 5.41) is 2.75. The lowest BCUT2D eigenvalue weighted by Gasteiger charge is -2.03. The van der Waals surface area contributed by atoms with E-state index in [1.165, 1.54) is 7.11 Å². The molecule has 0 radical (unpaired) electrons. The van der Waals surface area contributed by atoms with E-state index in [9.17, 15) is 22.8 Å². The third kappa shape index (κ3) is 5.04. The molecule has 2 aromatic rings. The van der Waals surface area contributed by atoms with E-state index in [1.807, 2.05) is 0 Å². The van der Waals surface area contributed by atoms with Gasteiger partial charge in [-0.15, -0.1) is 11.3 Å². The summed E-state index contributed by atoms with van der Waals surface area (Å²) in [5.41, 5.74) is -0.412. The molecule has 0 aliphatic heterocycles. The van der Waals surface area contributed by atoms with E-state index in [4.69, 9.17) is 0 Å². The summed E-state index contributed by atoms with van der Waals surface area (Å²) < 4.78 is 45.4. The van der Waals surface area contributed by atoms with Gasteiger partial charge in [-0.1, -0.05) is 0 Å². The molecule has 26 heavy (non-hydrogen) atoms. The Balaban J connectivity index is 2.02. The lowest BCUT2D eigenvalue weighted by atomic mass is 10.1. The minimum Gasteiger partial charge on any atom is -0.469 e. The number of carbonyl (C=O) groups excluding carboxylic acids is 2. The molecule has 0 atom stereocenters. The number of ether oxygens (including phenoxy) is 1. The molecule has 0 aliphatic rings. The van der Waals surface area contributed by atoms with Crippen molar-refractivity contribution in [3.8, 4) is 11.3 Å². The van der Waals surface area contributed by atoms with Gasteiger partial charge in [0.05, 0.1) is 18.4 Å². The maximum atomic E-state index is 13.9. The van der Waals surface area contributed by atoms with Crippen molar-refractivity contribution in [2.45, 2.75) is 32.6 Å². The number of esters is 1. The highest BCUT2D eigenvalue weighted by Crippen LogP contribution is 2.34. The normalized spacial score (nSPS) is 10.7. The number of methoxy groups -OCH3 is 1. The highest BCUT2D eigenvalue weighted by Gasteiger charge is 2.20. The van der Waals surface area contributed by atoms with Crippen molar-refractivity contribution in [2.24, 2.45) is 0 Å². The average molecular weight is 386 g/mol. The number of rotatable bonds is 7. The summed E-state index contributed by atoms with van der Waals surface area (Å²) in [7, 11) is 1.30. The molecule has 140 valence electrons. The number of anilines is 1. The maximum Gasteiger partial charge on any atom is 0.305 e. The van der Waals surface area contributed by atoms with Gasteiger partial charge in [-0.2, -0.15) is 0 Å². The Morgan fingerprint density at radius 3 is 2.38 bits per heavy atom. The number of hydrogen-bond donors (Lipinski definition) is 1. The molecule has 1 heterocycles. The fourth-order valence-corrected chi connectivity index (χ4v) is 3.13. The highest BCUT2D eigenvalue weighted by atomic mass is 32.1. The number of nitrogens with one attached hydrogen (secondary N) is 1. The predicted octanol–water partition coefficient (Wildman–Crippen LogP) is 4.21. The number of benzene rings is 1. The minimum atomic E-state index is -1.06. The Bertz CT molecular complexity index is 801. The van der Waals surface area contributed by atoms with Crippen molar-refractivity contribution in [1.82, 2.24) is 4.98 Å². The first-order valence-corrected chi connectivity index (χ1v) is 8.62. The topological polar surface area (TPSA) is 68.3 Å². The SMILES string of the molecule is COC(=O)CCCCC(=O)Nc1nc(-c2c(F)cc(F)cc2F)c(C)s1. The number of aromatic nitrogens is 1. The Morgan fingerprint density at radius 1 is 1.15 bits per heavy atom. The van der Waals surface area contributed by atoms with Gasteiger partial charge in [0.1, 0.15) is 17.5 Å². The van der Waals surface area contributed by atoms with Crippen LogP contribution in [0.2, 0.25) is 0 Å². The maximum absolute atomic E-state index is 13.9. The molecule has 1 aromatic heterocycles. The van der Waals surface area contributed by atoms with Crippen molar-refractivity contribution in [3.63, 3.8) is 0 Å². The van der Waals surface area contributed by atoms with Gasteiger partial charge in [0.15, 0.2) is 5.13 Å². The van der Waals surface area contributed by atoms with Crippen LogP contribution >= 0.6 is 11.3 Å². The smallest absolute Gasteiger partial charge is 0.305 e. The molecule has 2 rings (SSSR count). The molecular weight excluding hydrogens is 369 g/mol. The van der Waals surface area contributed by atoms with Crippen LogP contribution < -0.4 is 5.32 Å². The van der Waals surface area contributed by atoms with Gasteiger partial charge in [-0.25, -0.2) is 18.2 Å². The van der Waals surface area contributed by atoms with E-state index in [0.29, 0.717) is 29.9 Å². The van der Waals surface area contributed by atoms with E-state index < -0.39 is 23.0 Å². The van der Waals surface area contributed by atoms with Gasteiger partial charge in [0.25, 0.3) is 0 Å². The third-order valence-electron chi connectivity index (χ3n) is 3.55. The first-order valence-electron chi connectivity index (χ1n) is 7.80. The summed E-state index contributed by atoms with van der Waals surface area (Å²) in [6.45, 7) is 1.60. The van der Waals surface area contributed by atoms with Gasteiger partial charge in [0.2, 0.25) is 5.91 Å². The van der Waals surface area contributed by atoms with Crippen LogP contribution in [0, 0.1) is 24.4 Å². The van der Waals surface area contributed by atoms with Crippen LogP contribution in [0.4, 0.5) is 18.3 Å². The average Bonchev–Trinajstić information content (AvgIpc) is 2.90. The zero-order valence-electron chi connectivity index (χ0n) is 14.2. The van der Waals surface area contributed by atoms with Gasteiger partial charge >= 0.3 is 5.97 Å². The van der Waals surface area contributed by atoms with Crippen molar-refractivity contribution in [2.75, 3.05) is 12.4 Å². The molecule has 0 bridgehead atoms. The second-order valence-corrected chi connectivity index (χ2v) is 6.70. The quantitative estimate of drug-likeness (QED) is 0.572. The molecule has 0 unspecified atom stereocenters. The van der Waals surface area contributed by atoms with Crippen LogP contribution in [-0.2, 0) is 14.3 Å². The number of thiazole rings is 1. The number of carbonyl (C=O) groups is 2. The van der Waals surface area contributed by atoms with Gasteiger partial charge in [-0.3, -0.25) is 9.59 Å². The zero-order valence-corrected chi connectivity index (χ0v) is 15.0. The Labute approximate surface area is 152 Å². The van der Waals surface area contributed by atoms with Gasteiger partial charge in [-0.05, 0) is 19.8 Å². The number of aryl methyl sites for hydroxylation is 1. The van der Waals surface area contributed by atoms with Gasteiger partial charge in [0, 0.05) is 29.9 Å². The number of amides is 1. The van der Waals surface area contributed by atoms with E-state index in [1.54, 1.807) is 6.92 Å². The van der Waals surface area contributed by atoms with Crippen molar-refractivity contribution >= 4 is 28.3 Å². The lowest BCUT2D eigenvalue weighted by molar-refractivity contribution is -0.140. The zero-order chi connectivity index (χ0) is 19.3. The molecule has 1 aromatic carbocycles. The second-order valence-electron chi connectivity index (χ2n) is 5.50. The summed E-state index contributed by atoms with van der Waals surface area (Å²) in [4.78, 5) is 27.4. The molecular formula is C17H17F3N2O3S. The molecule has 1 N–H and O–H groups in total. The third-order valence-corrected chi connectivity index (χ3v) is 4.44. The van der Waals surface area contributed by atoms with Crippen LogP contribution in [0.5, 0.6) is 0 Å². The fourth-order valence-electron chi connectivity index (χ4n) is 2.29. The minimum absolute atomic E-state index is 0.0194. The number of halogens is 3. The molecule has 9 heteroatoms. The van der Waals surface area contributed by atoms with Crippen molar-refractivity contribution in [3.05, 3.63) is 34.5 Å². The molecule has 0 fully saturated rings. The number of nitrogens with zero attached hydrogens (tertiary/aromatic N) is 1. The number of unbranched alkanes of at least 4 members (excludes halogenated alkanes) is 1. The van der Waals surface area contributed by atoms with Crippen LogP contribution in [0.1, 0.15) is 30.6 Å². The largest absolute Gasteiger partial charge is 0.469 e. The Kier molecular flexibility index (Phi) is 6.73. The monoisotopic (exact) mass is 386 g/mol. The summed E-state index contributed by atoms with van der Waals surface area (Å²) in [5.74, 6) is -3.80. The molecule has 5 nitrogen and oxygen atoms in total. The van der Waals surface area contributed by atoms with E-state index >= 15 is 0 Å². The van der Waals surface area contributed by atoms with Crippen LogP contribution in [0.15, 0.2) is 12.1 Å². The van der Waals surface area contributed by atoms with E-state index in [0.717, 1.165) is 11.3 Å². The van der Waals surface area contributed by atoms with Crippen LogP contribution in [0.3, 0.4) is 0 Å². The van der Waals surface area contributed by atoms with E-state index in [-0.39, 0.29) is 35.5 Å². The first kappa shape index (κ1) is 19.9. The van der Waals surface area contributed by atoms with Crippen molar-refractivity contribution < 1.29 is 27.5 Å². The molecule has 1 amide bonds. The van der Waals surface area contributed by atoms with Crippen molar-refractivity contribution in [1.29, 1.82) is 0 Å². The molecule has 0 saturated heterocycles. The van der Waals surface area contributed by atoms with Crippen LogP contribution in [-0.4, -0.2) is 24.0 Å². The number of hydrogen-bond acceptors (Lipinski definition) is 5. The standard InChI is InChI=1S/C17H17F3N2O3S/c1-9-16(15-11(19)7-10(18)8-12(15)20)22-17(26-9)21-13(23)5-3-4-6-14(24)25-2/h7-8H,3-6H2,1-2H3,(H,21,22,23).